The fourth-order valence-electron chi connectivity index (χ4n) is 4.33. The lowest BCUT2D eigenvalue weighted by Crippen LogP contribution is -2.42. The Hall–Kier alpha value is -2.57. The minimum atomic E-state index is -0.851. The van der Waals surface area contributed by atoms with Crippen molar-refractivity contribution in [3.8, 4) is 0 Å². The van der Waals surface area contributed by atoms with E-state index in [0.29, 0.717) is 30.5 Å². The van der Waals surface area contributed by atoms with E-state index in [4.69, 9.17) is 0 Å². The molecule has 1 aromatic carbocycles. The van der Waals surface area contributed by atoms with Crippen molar-refractivity contribution in [2.45, 2.75) is 44.6 Å². The van der Waals surface area contributed by atoms with Gasteiger partial charge in [0.05, 0.1) is 17.0 Å². The van der Waals surface area contributed by atoms with Crippen molar-refractivity contribution in [2.75, 3.05) is 13.1 Å². The summed E-state index contributed by atoms with van der Waals surface area (Å²) in [5.74, 6) is -1.53. The third-order valence-corrected chi connectivity index (χ3v) is 5.71. The van der Waals surface area contributed by atoms with Gasteiger partial charge in [0.1, 0.15) is 0 Å². The maximum absolute atomic E-state index is 12.8. The molecular weight excluding hydrogens is 334 g/mol. The molecule has 2 heterocycles. The lowest BCUT2D eigenvalue weighted by atomic mass is 9.97. The molecular formula is C19H23N3O4. The molecule has 2 aliphatic rings. The van der Waals surface area contributed by atoms with Crippen LogP contribution in [-0.4, -0.2) is 44.5 Å². The van der Waals surface area contributed by atoms with E-state index >= 15 is 0 Å². The van der Waals surface area contributed by atoms with Gasteiger partial charge in [0.2, 0.25) is 0 Å². The minimum Gasteiger partial charge on any atom is -0.481 e. The second-order valence-corrected chi connectivity index (χ2v) is 7.40. The molecule has 2 aromatic rings. The first kappa shape index (κ1) is 16.9. The van der Waals surface area contributed by atoms with Crippen LogP contribution in [0.2, 0.25) is 0 Å². The number of aromatic amines is 1. The summed E-state index contributed by atoms with van der Waals surface area (Å²) in [5, 5.41) is 9.21. The Morgan fingerprint density at radius 1 is 1.12 bits per heavy atom. The average Bonchev–Trinajstić information content (AvgIpc) is 3.27. The highest BCUT2D eigenvalue weighted by molar-refractivity contribution is 5.97. The van der Waals surface area contributed by atoms with Crippen LogP contribution in [-0.2, 0) is 4.79 Å². The predicted octanol–water partition coefficient (Wildman–Crippen LogP) is 2.38. The van der Waals surface area contributed by atoms with Crippen molar-refractivity contribution in [1.82, 2.24) is 14.5 Å². The van der Waals surface area contributed by atoms with E-state index in [2.05, 4.69) is 4.98 Å². The summed E-state index contributed by atoms with van der Waals surface area (Å²) in [4.78, 5) is 40.9. The van der Waals surface area contributed by atoms with Crippen LogP contribution in [0.4, 0.5) is 0 Å². The van der Waals surface area contributed by atoms with Gasteiger partial charge in [-0.3, -0.25) is 14.2 Å². The highest BCUT2D eigenvalue weighted by atomic mass is 16.4. The van der Waals surface area contributed by atoms with Gasteiger partial charge < -0.3 is 15.0 Å². The van der Waals surface area contributed by atoms with Gasteiger partial charge in [0, 0.05) is 24.7 Å². The van der Waals surface area contributed by atoms with Gasteiger partial charge in [-0.15, -0.1) is 0 Å². The fourth-order valence-corrected chi connectivity index (χ4v) is 4.33. The van der Waals surface area contributed by atoms with Gasteiger partial charge in [-0.2, -0.15) is 0 Å². The first-order chi connectivity index (χ1) is 12.5. The van der Waals surface area contributed by atoms with Crippen LogP contribution in [0, 0.1) is 5.92 Å². The molecule has 1 aliphatic carbocycles. The Morgan fingerprint density at radius 2 is 1.88 bits per heavy atom. The lowest BCUT2D eigenvalue weighted by molar-refractivity contribution is -0.143. The lowest BCUT2D eigenvalue weighted by Gasteiger charge is -2.30. The zero-order chi connectivity index (χ0) is 18.3. The fraction of sp³-hybridized carbons (Fsp3) is 0.526. The standard InChI is InChI=1S/C19H23N3O4/c23-17(21-9-3-4-13(11-21)18(24)25)12-7-8-16-15(10-12)20-19(26)22(16)14-5-1-2-6-14/h7-8,10,13-14H,1-6,9,11H2,(H,20,26)(H,24,25). The first-order valence-corrected chi connectivity index (χ1v) is 9.31. The third kappa shape index (κ3) is 2.91. The van der Waals surface area contributed by atoms with Gasteiger partial charge in [-0.1, -0.05) is 12.8 Å². The van der Waals surface area contributed by atoms with Gasteiger partial charge in [0.15, 0.2) is 0 Å². The molecule has 1 unspecified atom stereocenters. The maximum atomic E-state index is 12.8. The van der Waals surface area contributed by atoms with Crippen LogP contribution >= 0.6 is 0 Å². The summed E-state index contributed by atoms with van der Waals surface area (Å²) in [6.45, 7) is 0.812. The average molecular weight is 357 g/mol. The van der Waals surface area contributed by atoms with Crippen LogP contribution in [0.5, 0.6) is 0 Å². The Labute approximate surface area is 150 Å². The number of rotatable bonds is 3. The van der Waals surface area contributed by atoms with Crippen molar-refractivity contribution >= 4 is 22.9 Å². The molecule has 138 valence electrons. The number of nitrogens with one attached hydrogen (secondary N) is 1. The molecule has 7 heteroatoms. The zero-order valence-electron chi connectivity index (χ0n) is 14.6. The number of amides is 1. The Morgan fingerprint density at radius 3 is 2.62 bits per heavy atom. The number of imidazole rings is 1. The summed E-state index contributed by atoms with van der Waals surface area (Å²) in [7, 11) is 0. The third-order valence-electron chi connectivity index (χ3n) is 5.71. The van der Waals surface area contributed by atoms with Crippen LogP contribution in [0.1, 0.15) is 54.9 Å². The van der Waals surface area contributed by atoms with Gasteiger partial charge in [-0.05, 0) is 43.9 Å². The number of aromatic nitrogens is 2. The monoisotopic (exact) mass is 357 g/mol. The molecule has 1 aromatic heterocycles. The zero-order valence-corrected chi connectivity index (χ0v) is 14.6. The number of carbonyl (C=O) groups excluding carboxylic acids is 1. The molecule has 2 N–H and O–H groups in total. The molecule has 26 heavy (non-hydrogen) atoms. The summed E-state index contributed by atoms with van der Waals surface area (Å²) in [6.07, 6.45) is 5.60. The normalized spacial score (nSPS) is 21.4. The number of hydrogen-bond donors (Lipinski definition) is 2. The largest absolute Gasteiger partial charge is 0.481 e. The quantitative estimate of drug-likeness (QED) is 0.882. The van der Waals surface area contributed by atoms with E-state index in [0.717, 1.165) is 31.2 Å². The number of carboxylic acids is 1. The molecule has 1 saturated heterocycles. The summed E-state index contributed by atoms with van der Waals surface area (Å²) >= 11 is 0. The maximum Gasteiger partial charge on any atom is 0.326 e. The second-order valence-electron chi connectivity index (χ2n) is 7.40. The Bertz CT molecular complexity index is 907. The highest BCUT2D eigenvalue weighted by Crippen LogP contribution is 2.31. The number of likely N-dealkylation sites (tertiary alicyclic amines) is 1. The van der Waals surface area contributed by atoms with E-state index in [-0.39, 0.29) is 24.2 Å². The van der Waals surface area contributed by atoms with E-state index in [1.165, 1.54) is 0 Å². The number of carboxylic acid groups (broad SMARTS) is 1. The Balaban J connectivity index is 1.62. The van der Waals surface area contributed by atoms with Crippen molar-refractivity contribution in [1.29, 1.82) is 0 Å². The molecule has 4 rings (SSSR count). The number of nitrogens with zero attached hydrogens (tertiary/aromatic N) is 2. The summed E-state index contributed by atoms with van der Waals surface area (Å²) in [5.41, 5.74) is 1.86. The number of aliphatic carboxylic acids is 1. The molecule has 0 spiro atoms. The molecule has 1 aliphatic heterocycles. The number of hydrogen-bond acceptors (Lipinski definition) is 3. The number of H-pyrrole nitrogens is 1. The van der Waals surface area contributed by atoms with E-state index in [9.17, 15) is 19.5 Å². The number of carbonyl (C=O) groups is 2. The molecule has 2 fully saturated rings. The molecule has 0 bridgehead atoms. The molecule has 1 amide bonds. The second kappa shape index (κ2) is 6.63. The van der Waals surface area contributed by atoms with Crippen LogP contribution < -0.4 is 5.69 Å². The van der Waals surface area contributed by atoms with Crippen molar-refractivity contribution in [3.63, 3.8) is 0 Å². The van der Waals surface area contributed by atoms with Gasteiger partial charge in [0.25, 0.3) is 5.91 Å². The smallest absolute Gasteiger partial charge is 0.326 e. The van der Waals surface area contributed by atoms with Crippen molar-refractivity contribution in [3.05, 3.63) is 34.2 Å². The van der Waals surface area contributed by atoms with Gasteiger partial charge in [-0.25, -0.2) is 4.79 Å². The van der Waals surface area contributed by atoms with Crippen LogP contribution in [0.25, 0.3) is 11.0 Å². The van der Waals surface area contributed by atoms with Gasteiger partial charge >= 0.3 is 11.7 Å². The van der Waals surface area contributed by atoms with Crippen LogP contribution in [0.3, 0.4) is 0 Å². The molecule has 0 radical (unpaired) electrons. The Kier molecular flexibility index (Phi) is 4.30. The van der Waals surface area contributed by atoms with Crippen molar-refractivity contribution < 1.29 is 14.7 Å². The predicted molar refractivity (Wildman–Crippen MR) is 96.3 cm³/mol. The highest BCUT2D eigenvalue weighted by Gasteiger charge is 2.29. The summed E-state index contributed by atoms with van der Waals surface area (Å²) in [6, 6.07) is 5.52. The first-order valence-electron chi connectivity index (χ1n) is 9.31. The number of piperidine rings is 1. The SMILES string of the molecule is O=C(O)C1CCCN(C(=O)c2ccc3c(c2)[nH]c(=O)n3C2CCCC2)C1. The minimum absolute atomic E-state index is 0.125. The number of benzene rings is 1. The molecule has 7 nitrogen and oxygen atoms in total. The van der Waals surface area contributed by atoms with E-state index in [1.807, 2.05) is 10.6 Å². The van der Waals surface area contributed by atoms with E-state index < -0.39 is 11.9 Å². The van der Waals surface area contributed by atoms with Crippen molar-refractivity contribution in [2.24, 2.45) is 5.92 Å². The van der Waals surface area contributed by atoms with Crippen LogP contribution in [0.15, 0.2) is 23.0 Å². The molecule has 1 saturated carbocycles. The van der Waals surface area contributed by atoms with E-state index in [1.54, 1.807) is 17.0 Å². The number of fused-ring (bicyclic) bond motifs is 1. The summed E-state index contributed by atoms with van der Waals surface area (Å²) < 4.78 is 1.82. The topological polar surface area (TPSA) is 95.4 Å². The molecule has 1 atom stereocenters.